The Morgan fingerprint density at radius 2 is 1.77 bits per heavy atom. The van der Waals surface area contributed by atoms with E-state index in [-0.39, 0.29) is 6.03 Å². The normalized spacial score (nSPS) is 20.3. The van der Waals surface area contributed by atoms with Gasteiger partial charge < -0.3 is 10.2 Å². The molecule has 1 aliphatic heterocycles. The topological polar surface area (TPSA) is 49.4 Å². The zero-order chi connectivity index (χ0) is 15.4. The zero-order valence-electron chi connectivity index (χ0n) is 12.6. The predicted octanol–water partition coefficient (Wildman–Crippen LogP) is 3.32. The number of rotatable bonds is 3. The molecule has 1 aliphatic carbocycles. The summed E-state index contributed by atoms with van der Waals surface area (Å²) in [7, 11) is -0.754. The number of thioether (sulfide) groups is 1. The van der Waals surface area contributed by atoms with Crippen molar-refractivity contribution in [1.82, 2.24) is 4.90 Å². The lowest BCUT2D eigenvalue weighted by atomic mass is 10.3. The van der Waals surface area contributed by atoms with Gasteiger partial charge >= 0.3 is 6.03 Å². The van der Waals surface area contributed by atoms with Crippen molar-refractivity contribution in [2.24, 2.45) is 0 Å². The SMILES string of the molecule is O=C(Nc1ccc(SC2CCCC2)cc1)N1CCS(=O)CC1. The van der Waals surface area contributed by atoms with Crippen LogP contribution in [0.3, 0.4) is 0 Å². The molecule has 4 nitrogen and oxygen atoms in total. The Morgan fingerprint density at radius 1 is 1.14 bits per heavy atom. The first kappa shape index (κ1) is 15.9. The molecule has 2 amide bonds. The second-order valence-electron chi connectivity index (χ2n) is 5.81. The van der Waals surface area contributed by atoms with Crippen LogP contribution in [0.4, 0.5) is 10.5 Å². The molecule has 0 aromatic heterocycles. The molecular weight excluding hydrogens is 316 g/mol. The summed E-state index contributed by atoms with van der Waals surface area (Å²) in [5.41, 5.74) is 0.826. The Hall–Kier alpha value is -1.01. The molecule has 1 N–H and O–H groups in total. The Bertz CT molecular complexity index is 532. The van der Waals surface area contributed by atoms with Gasteiger partial charge in [-0.05, 0) is 37.1 Å². The molecule has 0 bridgehead atoms. The predicted molar refractivity (Wildman–Crippen MR) is 93.0 cm³/mol. The maximum atomic E-state index is 12.1. The van der Waals surface area contributed by atoms with E-state index in [1.807, 2.05) is 23.9 Å². The van der Waals surface area contributed by atoms with E-state index in [2.05, 4.69) is 17.4 Å². The van der Waals surface area contributed by atoms with E-state index in [0.717, 1.165) is 10.9 Å². The zero-order valence-corrected chi connectivity index (χ0v) is 14.3. The van der Waals surface area contributed by atoms with E-state index >= 15 is 0 Å². The number of hydrogen-bond donors (Lipinski definition) is 1. The highest BCUT2D eigenvalue weighted by molar-refractivity contribution is 8.00. The molecule has 120 valence electrons. The van der Waals surface area contributed by atoms with Crippen LogP contribution >= 0.6 is 11.8 Å². The van der Waals surface area contributed by atoms with E-state index < -0.39 is 10.8 Å². The van der Waals surface area contributed by atoms with Gasteiger partial charge in [-0.3, -0.25) is 4.21 Å². The summed E-state index contributed by atoms with van der Waals surface area (Å²) in [6.07, 6.45) is 5.35. The third-order valence-corrected chi connectivity index (χ3v) is 6.80. The second-order valence-corrected chi connectivity index (χ2v) is 8.88. The number of nitrogens with zero attached hydrogens (tertiary/aromatic N) is 1. The van der Waals surface area contributed by atoms with Crippen LogP contribution in [0.5, 0.6) is 0 Å². The van der Waals surface area contributed by atoms with Crippen LogP contribution < -0.4 is 5.32 Å². The highest BCUT2D eigenvalue weighted by Crippen LogP contribution is 2.34. The highest BCUT2D eigenvalue weighted by atomic mass is 32.2. The van der Waals surface area contributed by atoms with Gasteiger partial charge in [0.1, 0.15) is 0 Å². The molecule has 6 heteroatoms. The van der Waals surface area contributed by atoms with Gasteiger partial charge in [-0.25, -0.2) is 4.79 Å². The standard InChI is InChI=1S/C16H22N2O2S2/c19-16(18-9-11-22(20)12-10-18)17-13-5-7-15(8-6-13)21-14-3-1-2-4-14/h5-8,14H,1-4,9-12H2,(H,17,19). The fourth-order valence-electron chi connectivity index (χ4n) is 2.86. The molecule has 1 aromatic rings. The van der Waals surface area contributed by atoms with Gasteiger partial charge in [0.2, 0.25) is 0 Å². The van der Waals surface area contributed by atoms with Crippen LogP contribution in [0.2, 0.25) is 0 Å². The highest BCUT2D eigenvalue weighted by Gasteiger charge is 2.20. The number of hydrogen-bond acceptors (Lipinski definition) is 3. The summed E-state index contributed by atoms with van der Waals surface area (Å²) in [6.45, 7) is 1.15. The third-order valence-electron chi connectivity index (χ3n) is 4.18. The molecule has 0 atom stereocenters. The molecule has 2 fully saturated rings. The molecule has 0 spiro atoms. The Kier molecular flexibility index (Phi) is 5.41. The molecular formula is C16H22N2O2S2. The molecule has 0 radical (unpaired) electrons. The lowest BCUT2D eigenvalue weighted by molar-refractivity contribution is 0.216. The molecule has 0 unspecified atom stereocenters. The lowest BCUT2D eigenvalue weighted by Gasteiger charge is -2.26. The quantitative estimate of drug-likeness (QED) is 0.920. The van der Waals surface area contributed by atoms with Crippen molar-refractivity contribution in [2.75, 3.05) is 29.9 Å². The number of amides is 2. The van der Waals surface area contributed by atoms with Crippen LogP contribution in [0, 0.1) is 0 Å². The van der Waals surface area contributed by atoms with E-state index in [0.29, 0.717) is 24.6 Å². The first-order valence-electron chi connectivity index (χ1n) is 7.88. The summed E-state index contributed by atoms with van der Waals surface area (Å²) in [5.74, 6) is 1.18. The largest absolute Gasteiger partial charge is 0.323 e. The van der Waals surface area contributed by atoms with Crippen molar-refractivity contribution in [2.45, 2.75) is 35.8 Å². The van der Waals surface area contributed by atoms with Crippen LogP contribution in [-0.4, -0.2) is 45.0 Å². The fourth-order valence-corrected chi connectivity index (χ4v) is 5.16. The third kappa shape index (κ3) is 4.26. The Morgan fingerprint density at radius 3 is 2.41 bits per heavy atom. The number of nitrogens with one attached hydrogen (secondary N) is 1. The Labute approximate surface area is 138 Å². The van der Waals surface area contributed by atoms with E-state index in [1.165, 1.54) is 30.6 Å². The van der Waals surface area contributed by atoms with Gasteiger partial charge in [-0.1, -0.05) is 12.8 Å². The number of carbonyl (C=O) groups excluding carboxylic acids is 1. The molecule has 1 heterocycles. The summed E-state index contributed by atoms with van der Waals surface area (Å²) >= 11 is 1.95. The smallest absolute Gasteiger partial charge is 0.321 e. The van der Waals surface area contributed by atoms with Crippen LogP contribution in [0.1, 0.15) is 25.7 Å². The maximum absolute atomic E-state index is 12.1. The molecule has 1 saturated heterocycles. The molecule has 1 saturated carbocycles. The van der Waals surface area contributed by atoms with Crippen molar-refractivity contribution < 1.29 is 9.00 Å². The van der Waals surface area contributed by atoms with E-state index in [1.54, 1.807) is 4.90 Å². The van der Waals surface area contributed by atoms with Crippen LogP contribution in [0.15, 0.2) is 29.2 Å². The lowest BCUT2D eigenvalue weighted by Crippen LogP contribution is -2.43. The minimum absolute atomic E-state index is 0.0899. The molecule has 1 aromatic carbocycles. The summed E-state index contributed by atoms with van der Waals surface area (Å²) in [6, 6.07) is 8.02. The van der Waals surface area contributed by atoms with Gasteiger partial charge in [-0.2, -0.15) is 0 Å². The maximum Gasteiger partial charge on any atom is 0.321 e. The van der Waals surface area contributed by atoms with Crippen molar-refractivity contribution in [3.8, 4) is 0 Å². The van der Waals surface area contributed by atoms with E-state index in [9.17, 15) is 9.00 Å². The number of carbonyl (C=O) groups is 1. The fraction of sp³-hybridized carbons (Fsp3) is 0.562. The van der Waals surface area contributed by atoms with Gasteiger partial charge in [0.05, 0.1) is 0 Å². The average Bonchev–Trinajstić information content (AvgIpc) is 3.03. The van der Waals surface area contributed by atoms with Crippen LogP contribution in [-0.2, 0) is 10.8 Å². The van der Waals surface area contributed by atoms with Crippen molar-refractivity contribution >= 4 is 34.3 Å². The van der Waals surface area contributed by atoms with Gasteiger partial charge in [0.15, 0.2) is 0 Å². The first-order valence-corrected chi connectivity index (χ1v) is 10.2. The monoisotopic (exact) mass is 338 g/mol. The number of benzene rings is 1. The van der Waals surface area contributed by atoms with Gasteiger partial charge in [-0.15, -0.1) is 11.8 Å². The molecule has 3 rings (SSSR count). The summed E-state index contributed by atoms with van der Waals surface area (Å²) < 4.78 is 11.3. The van der Waals surface area contributed by atoms with Gasteiger partial charge in [0.25, 0.3) is 0 Å². The van der Waals surface area contributed by atoms with E-state index in [4.69, 9.17) is 0 Å². The van der Waals surface area contributed by atoms with Crippen molar-refractivity contribution in [3.05, 3.63) is 24.3 Å². The van der Waals surface area contributed by atoms with Gasteiger partial charge in [0, 0.05) is 51.2 Å². The van der Waals surface area contributed by atoms with Crippen molar-refractivity contribution in [1.29, 1.82) is 0 Å². The number of urea groups is 1. The molecule has 22 heavy (non-hydrogen) atoms. The Balaban J connectivity index is 1.51. The molecule has 2 aliphatic rings. The second kappa shape index (κ2) is 7.51. The first-order chi connectivity index (χ1) is 10.7. The summed E-state index contributed by atoms with van der Waals surface area (Å²) in [4.78, 5) is 15.2. The summed E-state index contributed by atoms with van der Waals surface area (Å²) in [5, 5.41) is 3.69. The minimum Gasteiger partial charge on any atom is -0.323 e. The average molecular weight is 338 g/mol. The minimum atomic E-state index is -0.754. The van der Waals surface area contributed by atoms with Crippen LogP contribution in [0.25, 0.3) is 0 Å². The number of anilines is 1. The van der Waals surface area contributed by atoms with Crippen molar-refractivity contribution in [3.63, 3.8) is 0 Å².